The summed E-state index contributed by atoms with van der Waals surface area (Å²) in [5.41, 5.74) is 6.63. The van der Waals surface area contributed by atoms with Crippen LogP contribution < -0.4 is 5.32 Å². The molecule has 0 unspecified atom stereocenters. The highest BCUT2D eigenvalue weighted by molar-refractivity contribution is 5.94. The van der Waals surface area contributed by atoms with Crippen LogP contribution in [0.2, 0.25) is 0 Å². The van der Waals surface area contributed by atoms with Crippen LogP contribution in [0.5, 0.6) is 0 Å². The molecule has 146 valence electrons. The molecule has 0 bridgehead atoms. The first kappa shape index (κ1) is 19.9. The van der Waals surface area contributed by atoms with Crippen molar-refractivity contribution in [1.82, 2.24) is 20.0 Å². The summed E-state index contributed by atoms with van der Waals surface area (Å²) in [5, 5.41) is 8.14. The summed E-state index contributed by atoms with van der Waals surface area (Å²) in [6.07, 6.45) is 5.11. The topological polar surface area (TPSA) is 50.2 Å². The van der Waals surface area contributed by atoms with Crippen molar-refractivity contribution in [3.63, 3.8) is 0 Å². The molecule has 1 saturated heterocycles. The van der Waals surface area contributed by atoms with Gasteiger partial charge in [-0.25, -0.2) is 4.68 Å². The van der Waals surface area contributed by atoms with Crippen LogP contribution >= 0.6 is 12.4 Å². The molecule has 1 aromatic carbocycles. The van der Waals surface area contributed by atoms with Crippen LogP contribution in [0, 0.1) is 13.8 Å². The Hall–Kier alpha value is -1.85. The molecule has 2 aromatic rings. The summed E-state index contributed by atoms with van der Waals surface area (Å²) in [4.78, 5) is 15.2. The summed E-state index contributed by atoms with van der Waals surface area (Å²) in [6.45, 7) is 5.86. The molecule has 5 nitrogen and oxygen atoms in total. The number of aromatic nitrogens is 2. The summed E-state index contributed by atoms with van der Waals surface area (Å²) in [5.74, 6) is 0.112. The minimum atomic E-state index is 0. The number of fused-ring (bicyclic) bond motifs is 1. The second kappa shape index (κ2) is 8.03. The van der Waals surface area contributed by atoms with Crippen LogP contribution in [-0.4, -0.2) is 46.8 Å². The molecule has 1 N–H and O–H groups in total. The van der Waals surface area contributed by atoms with Gasteiger partial charge < -0.3 is 10.2 Å². The Labute approximate surface area is 167 Å². The predicted molar refractivity (Wildman–Crippen MR) is 110 cm³/mol. The van der Waals surface area contributed by atoms with Gasteiger partial charge in [0.15, 0.2) is 5.69 Å². The van der Waals surface area contributed by atoms with Crippen LogP contribution in [-0.2, 0) is 12.8 Å². The van der Waals surface area contributed by atoms with Crippen molar-refractivity contribution in [3.8, 4) is 5.69 Å². The van der Waals surface area contributed by atoms with Gasteiger partial charge >= 0.3 is 0 Å². The Morgan fingerprint density at radius 1 is 1.19 bits per heavy atom. The van der Waals surface area contributed by atoms with E-state index < -0.39 is 0 Å². The molecule has 2 aliphatic rings. The Balaban J connectivity index is 0.00000210. The lowest BCUT2D eigenvalue weighted by atomic mass is 10.0. The number of rotatable bonds is 3. The number of carbonyl (C=O) groups excluding carboxylic acids is 1. The van der Waals surface area contributed by atoms with Crippen LogP contribution in [0.15, 0.2) is 18.2 Å². The minimum absolute atomic E-state index is 0. The first-order valence-corrected chi connectivity index (χ1v) is 9.73. The summed E-state index contributed by atoms with van der Waals surface area (Å²) in [7, 11) is 2.00. The third kappa shape index (κ3) is 3.63. The zero-order valence-electron chi connectivity index (χ0n) is 16.4. The lowest BCUT2D eigenvalue weighted by Crippen LogP contribution is -2.44. The minimum Gasteiger partial charge on any atom is -0.337 e. The summed E-state index contributed by atoms with van der Waals surface area (Å²) < 4.78 is 2.03. The molecule has 1 amide bonds. The number of carbonyl (C=O) groups is 1. The van der Waals surface area contributed by atoms with E-state index in [9.17, 15) is 4.79 Å². The van der Waals surface area contributed by atoms with Crippen LogP contribution in [0.3, 0.4) is 0 Å². The number of benzene rings is 1. The average molecular weight is 389 g/mol. The first-order valence-electron chi connectivity index (χ1n) is 9.73. The van der Waals surface area contributed by atoms with Gasteiger partial charge in [0.1, 0.15) is 0 Å². The lowest BCUT2D eigenvalue weighted by molar-refractivity contribution is 0.0700. The van der Waals surface area contributed by atoms with Crippen molar-refractivity contribution in [1.29, 1.82) is 0 Å². The van der Waals surface area contributed by atoms with Gasteiger partial charge in [-0.1, -0.05) is 17.7 Å². The van der Waals surface area contributed by atoms with E-state index in [1.54, 1.807) is 0 Å². The molecule has 1 aliphatic carbocycles. The Kier molecular flexibility index (Phi) is 5.92. The third-order valence-electron chi connectivity index (χ3n) is 5.90. The molecule has 0 atom stereocenters. The fourth-order valence-electron chi connectivity index (χ4n) is 4.37. The largest absolute Gasteiger partial charge is 0.337 e. The highest BCUT2D eigenvalue weighted by Crippen LogP contribution is 2.30. The summed E-state index contributed by atoms with van der Waals surface area (Å²) in [6, 6.07) is 6.96. The average Bonchev–Trinajstić information content (AvgIpc) is 3.24. The normalized spacial score (nSPS) is 16.9. The van der Waals surface area contributed by atoms with E-state index in [0.717, 1.165) is 50.9 Å². The van der Waals surface area contributed by atoms with E-state index in [0.29, 0.717) is 11.7 Å². The van der Waals surface area contributed by atoms with Crippen LogP contribution in [0.1, 0.15) is 52.1 Å². The second-order valence-corrected chi connectivity index (χ2v) is 7.68. The van der Waals surface area contributed by atoms with Crippen molar-refractivity contribution < 1.29 is 4.79 Å². The van der Waals surface area contributed by atoms with E-state index in [1.807, 2.05) is 16.6 Å². The van der Waals surface area contributed by atoms with Gasteiger partial charge in [0.05, 0.1) is 5.69 Å². The molecule has 0 spiro atoms. The van der Waals surface area contributed by atoms with E-state index in [2.05, 4.69) is 37.4 Å². The lowest BCUT2D eigenvalue weighted by Gasteiger charge is -2.31. The third-order valence-corrected chi connectivity index (χ3v) is 5.90. The van der Waals surface area contributed by atoms with Gasteiger partial charge in [-0.3, -0.25) is 4.79 Å². The van der Waals surface area contributed by atoms with Crippen molar-refractivity contribution in [2.24, 2.45) is 0 Å². The molecule has 0 saturated carbocycles. The maximum absolute atomic E-state index is 13.2. The molecule has 27 heavy (non-hydrogen) atoms. The van der Waals surface area contributed by atoms with Crippen LogP contribution in [0.25, 0.3) is 5.69 Å². The van der Waals surface area contributed by atoms with E-state index >= 15 is 0 Å². The SMILES string of the molecule is CNC1CCN(C(=O)c2nn(-c3ccc(C)cc3C)c3c2CCC3)CC1.Cl. The molecule has 4 rings (SSSR count). The molecular formula is C21H29ClN4O. The second-order valence-electron chi connectivity index (χ2n) is 7.68. The zero-order chi connectivity index (χ0) is 18.3. The standard InChI is InChI=1S/C21H28N4O.ClH/c1-14-7-8-18(15(2)13-14)25-19-6-4-5-17(19)20(23-25)21(26)24-11-9-16(22-3)10-12-24;/h7-8,13,16,22H,4-6,9-12H2,1-3H3;1H. The number of hydrogen-bond donors (Lipinski definition) is 1. The number of aryl methyl sites for hydroxylation is 2. The van der Waals surface area contributed by atoms with E-state index in [1.165, 1.54) is 22.4 Å². The fraction of sp³-hybridized carbons (Fsp3) is 0.524. The Morgan fingerprint density at radius 2 is 1.93 bits per heavy atom. The van der Waals surface area contributed by atoms with Gasteiger partial charge in [-0.2, -0.15) is 5.10 Å². The molecule has 1 aromatic heterocycles. The predicted octanol–water partition coefficient (Wildman–Crippen LogP) is 3.22. The maximum Gasteiger partial charge on any atom is 0.274 e. The smallest absolute Gasteiger partial charge is 0.274 e. The Morgan fingerprint density at radius 3 is 2.59 bits per heavy atom. The highest BCUT2D eigenvalue weighted by atomic mass is 35.5. The van der Waals surface area contributed by atoms with Crippen molar-refractivity contribution in [2.75, 3.05) is 20.1 Å². The van der Waals surface area contributed by atoms with Gasteiger partial charge in [0.25, 0.3) is 5.91 Å². The molecule has 6 heteroatoms. The number of piperidine rings is 1. The quantitative estimate of drug-likeness (QED) is 0.878. The number of likely N-dealkylation sites (tertiary alicyclic amines) is 1. The van der Waals surface area contributed by atoms with Crippen molar-refractivity contribution in [2.45, 2.75) is 52.0 Å². The fourth-order valence-corrected chi connectivity index (χ4v) is 4.37. The van der Waals surface area contributed by atoms with Gasteiger partial charge in [0, 0.05) is 30.4 Å². The number of nitrogens with zero attached hydrogens (tertiary/aromatic N) is 3. The summed E-state index contributed by atoms with van der Waals surface area (Å²) >= 11 is 0. The molecule has 1 fully saturated rings. The van der Waals surface area contributed by atoms with E-state index in [4.69, 9.17) is 5.10 Å². The Bertz CT molecular complexity index is 837. The molecule has 0 radical (unpaired) electrons. The van der Waals surface area contributed by atoms with Gasteiger partial charge in [-0.15, -0.1) is 12.4 Å². The number of nitrogens with one attached hydrogen (secondary N) is 1. The highest BCUT2D eigenvalue weighted by Gasteiger charge is 2.31. The van der Waals surface area contributed by atoms with Crippen molar-refractivity contribution >= 4 is 18.3 Å². The van der Waals surface area contributed by atoms with Crippen molar-refractivity contribution in [3.05, 3.63) is 46.3 Å². The number of halogens is 1. The monoisotopic (exact) mass is 388 g/mol. The molecular weight excluding hydrogens is 360 g/mol. The number of amides is 1. The van der Waals surface area contributed by atoms with Gasteiger partial charge in [0.2, 0.25) is 0 Å². The number of hydrogen-bond acceptors (Lipinski definition) is 3. The van der Waals surface area contributed by atoms with Gasteiger partial charge in [-0.05, 0) is 64.6 Å². The van der Waals surface area contributed by atoms with Crippen LogP contribution in [0.4, 0.5) is 0 Å². The maximum atomic E-state index is 13.2. The molecule has 2 heterocycles. The zero-order valence-corrected chi connectivity index (χ0v) is 17.2. The molecule has 1 aliphatic heterocycles. The van der Waals surface area contributed by atoms with E-state index in [-0.39, 0.29) is 18.3 Å². The first-order chi connectivity index (χ1) is 12.6.